The van der Waals surface area contributed by atoms with Crippen molar-refractivity contribution in [3.8, 4) is 0 Å². The van der Waals surface area contributed by atoms with Crippen LogP contribution in [0.4, 0.5) is 0 Å². The van der Waals surface area contributed by atoms with Gasteiger partial charge < -0.3 is 10.4 Å². The Morgan fingerprint density at radius 3 is 2.43 bits per heavy atom. The molecule has 1 amide bonds. The quantitative estimate of drug-likeness (QED) is 0.874. The van der Waals surface area contributed by atoms with Gasteiger partial charge in [0.2, 0.25) is 0 Å². The zero-order chi connectivity index (χ0) is 16.2. The van der Waals surface area contributed by atoms with Crippen molar-refractivity contribution in [2.45, 2.75) is 34.1 Å². The molecule has 0 spiro atoms. The summed E-state index contributed by atoms with van der Waals surface area (Å²) in [5.74, 6) is -1.81. The minimum atomic E-state index is -0.896. The molecule has 0 fully saturated rings. The van der Waals surface area contributed by atoms with Crippen LogP contribution in [0.2, 0.25) is 5.02 Å². The fourth-order valence-electron chi connectivity index (χ4n) is 2.04. The zero-order valence-electron chi connectivity index (χ0n) is 12.9. The Balaban J connectivity index is 2.69. The summed E-state index contributed by atoms with van der Waals surface area (Å²) < 4.78 is 0. The molecule has 0 aliphatic carbocycles. The van der Waals surface area contributed by atoms with Gasteiger partial charge in [-0.1, -0.05) is 38.4 Å². The minimum absolute atomic E-state index is 0.108. The van der Waals surface area contributed by atoms with Gasteiger partial charge in [0.15, 0.2) is 0 Å². The van der Waals surface area contributed by atoms with Gasteiger partial charge >= 0.3 is 5.97 Å². The van der Waals surface area contributed by atoms with Gasteiger partial charge in [-0.2, -0.15) is 0 Å². The van der Waals surface area contributed by atoms with E-state index in [1.54, 1.807) is 18.2 Å². The van der Waals surface area contributed by atoms with Crippen LogP contribution in [-0.2, 0) is 4.79 Å². The summed E-state index contributed by atoms with van der Waals surface area (Å²) in [4.78, 5) is 23.3. The lowest BCUT2D eigenvalue weighted by Gasteiger charge is -2.23. The molecule has 0 aliphatic rings. The van der Waals surface area contributed by atoms with Crippen molar-refractivity contribution in [3.05, 3.63) is 34.3 Å². The normalized spacial score (nSPS) is 12.8. The van der Waals surface area contributed by atoms with Crippen LogP contribution < -0.4 is 5.32 Å². The number of benzene rings is 1. The van der Waals surface area contributed by atoms with Crippen molar-refractivity contribution in [2.24, 2.45) is 11.3 Å². The average Bonchev–Trinajstić information content (AvgIpc) is 2.35. The smallest absolute Gasteiger partial charge is 0.308 e. The number of carboxylic acids is 1. The first-order chi connectivity index (χ1) is 9.60. The first-order valence-electron chi connectivity index (χ1n) is 6.87. The van der Waals surface area contributed by atoms with Gasteiger partial charge in [0.25, 0.3) is 5.91 Å². The second-order valence-corrected chi connectivity index (χ2v) is 6.88. The zero-order valence-corrected chi connectivity index (χ0v) is 13.6. The number of hydrogen-bond acceptors (Lipinski definition) is 2. The molecule has 21 heavy (non-hydrogen) atoms. The van der Waals surface area contributed by atoms with Gasteiger partial charge in [0.1, 0.15) is 0 Å². The first-order valence-corrected chi connectivity index (χ1v) is 7.25. The van der Waals surface area contributed by atoms with Crippen molar-refractivity contribution in [2.75, 3.05) is 6.54 Å². The monoisotopic (exact) mass is 311 g/mol. The van der Waals surface area contributed by atoms with Crippen molar-refractivity contribution >= 4 is 23.5 Å². The third kappa shape index (κ3) is 5.76. The van der Waals surface area contributed by atoms with Gasteiger partial charge in [-0.05, 0) is 36.5 Å². The highest BCUT2D eigenvalue weighted by atomic mass is 35.5. The molecule has 0 aromatic heterocycles. The largest absolute Gasteiger partial charge is 0.481 e. The second kappa shape index (κ2) is 6.94. The maximum absolute atomic E-state index is 12.0. The topological polar surface area (TPSA) is 66.4 Å². The van der Waals surface area contributed by atoms with Crippen molar-refractivity contribution < 1.29 is 14.7 Å². The van der Waals surface area contributed by atoms with Crippen LogP contribution in [0.5, 0.6) is 0 Å². The number of carboxylic acid groups (broad SMARTS) is 1. The van der Waals surface area contributed by atoms with E-state index >= 15 is 0 Å². The summed E-state index contributed by atoms with van der Waals surface area (Å²) >= 11 is 5.98. The summed E-state index contributed by atoms with van der Waals surface area (Å²) in [6.45, 7) is 7.89. The van der Waals surface area contributed by atoms with E-state index < -0.39 is 11.9 Å². The van der Waals surface area contributed by atoms with E-state index in [1.807, 2.05) is 27.7 Å². The molecule has 0 saturated heterocycles. The van der Waals surface area contributed by atoms with Crippen LogP contribution in [0, 0.1) is 18.3 Å². The number of amides is 1. The lowest BCUT2D eigenvalue weighted by molar-refractivity contribution is -0.142. The molecule has 1 rings (SSSR count). The molecule has 0 heterocycles. The SMILES string of the molecule is Cc1ccc(C(=O)NCC(CC(C)(C)C)C(=O)O)cc1Cl. The van der Waals surface area contributed by atoms with Gasteiger partial charge in [0.05, 0.1) is 5.92 Å². The fraction of sp³-hybridized carbons (Fsp3) is 0.500. The van der Waals surface area contributed by atoms with E-state index in [1.165, 1.54) is 0 Å². The Morgan fingerprint density at radius 1 is 1.33 bits per heavy atom. The van der Waals surface area contributed by atoms with Crippen LogP contribution in [0.1, 0.15) is 43.1 Å². The van der Waals surface area contributed by atoms with E-state index in [0.717, 1.165) is 5.56 Å². The Labute approximate surface area is 130 Å². The lowest BCUT2D eigenvalue weighted by atomic mass is 9.84. The standard InChI is InChI=1S/C16H22ClNO3/c1-10-5-6-11(7-13(10)17)14(19)18-9-12(15(20)21)8-16(2,3)4/h5-7,12H,8-9H2,1-4H3,(H,18,19)(H,20,21). The predicted octanol–water partition coefficient (Wildman–Crippen LogP) is 3.52. The summed E-state index contributed by atoms with van der Waals surface area (Å²) in [6, 6.07) is 5.03. The number of aryl methyl sites for hydroxylation is 1. The highest BCUT2D eigenvalue weighted by molar-refractivity contribution is 6.31. The highest BCUT2D eigenvalue weighted by Gasteiger charge is 2.25. The van der Waals surface area contributed by atoms with E-state index in [0.29, 0.717) is 17.0 Å². The van der Waals surface area contributed by atoms with Crippen LogP contribution in [0.3, 0.4) is 0 Å². The Hall–Kier alpha value is -1.55. The molecule has 4 nitrogen and oxygen atoms in total. The van der Waals surface area contributed by atoms with Crippen LogP contribution in [0.25, 0.3) is 0 Å². The van der Waals surface area contributed by atoms with Crippen LogP contribution in [0.15, 0.2) is 18.2 Å². The Bertz CT molecular complexity index is 535. The number of rotatable bonds is 5. The third-order valence-corrected chi connectivity index (χ3v) is 3.56. The molecule has 116 valence electrons. The Kier molecular flexibility index (Phi) is 5.78. The summed E-state index contributed by atoms with van der Waals surface area (Å²) in [5, 5.41) is 12.4. The molecule has 5 heteroatoms. The highest BCUT2D eigenvalue weighted by Crippen LogP contribution is 2.24. The molecule has 0 saturated carbocycles. The maximum atomic E-state index is 12.0. The summed E-state index contributed by atoms with van der Waals surface area (Å²) in [7, 11) is 0. The Morgan fingerprint density at radius 2 is 1.95 bits per heavy atom. The van der Waals surface area contributed by atoms with Crippen LogP contribution in [-0.4, -0.2) is 23.5 Å². The van der Waals surface area contributed by atoms with Crippen molar-refractivity contribution in [1.82, 2.24) is 5.32 Å². The minimum Gasteiger partial charge on any atom is -0.481 e. The number of hydrogen-bond donors (Lipinski definition) is 2. The summed E-state index contributed by atoms with van der Waals surface area (Å²) in [6.07, 6.45) is 0.497. The second-order valence-electron chi connectivity index (χ2n) is 6.47. The molecule has 2 N–H and O–H groups in total. The van der Waals surface area contributed by atoms with Crippen LogP contribution >= 0.6 is 11.6 Å². The fourth-order valence-corrected chi connectivity index (χ4v) is 2.22. The lowest BCUT2D eigenvalue weighted by Crippen LogP contribution is -2.35. The average molecular weight is 312 g/mol. The van der Waals surface area contributed by atoms with Gasteiger partial charge in [-0.25, -0.2) is 0 Å². The molecular weight excluding hydrogens is 290 g/mol. The van der Waals surface area contributed by atoms with E-state index in [-0.39, 0.29) is 17.9 Å². The number of carbonyl (C=O) groups excluding carboxylic acids is 1. The van der Waals surface area contributed by atoms with E-state index in [9.17, 15) is 14.7 Å². The maximum Gasteiger partial charge on any atom is 0.308 e. The van der Waals surface area contributed by atoms with E-state index in [4.69, 9.17) is 11.6 Å². The molecule has 1 unspecified atom stereocenters. The van der Waals surface area contributed by atoms with Crippen molar-refractivity contribution in [3.63, 3.8) is 0 Å². The van der Waals surface area contributed by atoms with E-state index in [2.05, 4.69) is 5.32 Å². The summed E-state index contributed by atoms with van der Waals surface area (Å²) in [5.41, 5.74) is 1.22. The molecule has 1 aromatic rings. The van der Waals surface area contributed by atoms with Crippen molar-refractivity contribution in [1.29, 1.82) is 0 Å². The number of carbonyl (C=O) groups is 2. The molecule has 0 aliphatic heterocycles. The molecule has 0 radical (unpaired) electrons. The molecule has 1 atom stereocenters. The number of halogens is 1. The number of nitrogens with one attached hydrogen (secondary N) is 1. The predicted molar refractivity (Wildman–Crippen MR) is 83.7 cm³/mol. The first kappa shape index (κ1) is 17.5. The van der Waals surface area contributed by atoms with Gasteiger partial charge in [-0.3, -0.25) is 9.59 Å². The van der Waals surface area contributed by atoms with Gasteiger partial charge in [0, 0.05) is 17.1 Å². The van der Waals surface area contributed by atoms with Gasteiger partial charge in [-0.15, -0.1) is 0 Å². The number of aliphatic carboxylic acids is 1. The molecule has 0 bridgehead atoms. The molecule has 1 aromatic carbocycles. The molecular formula is C16H22ClNO3. The third-order valence-electron chi connectivity index (χ3n) is 3.15.